The Hall–Kier alpha value is -0.500. The molecule has 0 saturated heterocycles. The Kier molecular flexibility index (Phi) is 6.04. The summed E-state index contributed by atoms with van der Waals surface area (Å²) >= 11 is 3.67. The fraction of sp³-hybridized carbons (Fsp3) is 0.600. The summed E-state index contributed by atoms with van der Waals surface area (Å²) in [5.74, 6) is 0. The van der Waals surface area contributed by atoms with Gasteiger partial charge in [-0.05, 0) is 59.8 Å². The van der Waals surface area contributed by atoms with E-state index >= 15 is 0 Å². The topological polar surface area (TPSA) is 12.0 Å². The molecule has 1 rings (SSSR count). The largest absolute Gasteiger partial charge is 0.381 e. The van der Waals surface area contributed by atoms with Gasteiger partial charge in [-0.25, -0.2) is 0 Å². The van der Waals surface area contributed by atoms with Gasteiger partial charge in [0.2, 0.25) is 0 Å². The number of hydrogen-bond donors (Lipinski definition) is 1. The second-order valence-electron chi connectivity index (χ2n) is 4.86. The molecule has 0 radical (unpaired) electrons. The first-order valence-electron chi connectivity index (χ1n) is 6.61. The number of rotatable bonds is 6. The summed E-state index contributed by atoms with van der Waals surface area (Å²) in [6.45, 7) is 8.81. The summed E-state index contributed by atoms with van der Waals surface area (Å²) in [7, 11) is 0. The van der Waals surface area contributed by atoms with Crippen molar-refractivity contribution in [1.82, 2.24) is 0 Å². The molecule has 1 aromatic rings. The van der Waals surface area contributed by atoms with Crippen LogP contribution in [0, 0.1) is 13.8 Å². The summed E-state index contributed by atoms with van der Waals surface area (Å²) in [5, 5.41) is 3.70. The lowest BCUT2D eigenvalue weighted by molar-refractivity contribution is 0.585. The third kappa shape index (κ3) is 4.34. The van der Waals surface area contributed by atoms with E-state index in [1.165, 1.54) is 47.0 Å². The summed E-state index contributed by atoms with van der Waals surface area (Å²) in [6.07, 6.45) is 4.96. The van der Waals surface area contributed by atoms with E-state index in [4.69, 9.17) is 0 Å². The lowest BCUT2D eigenvalue weighted by Crippen LogP contribution is -2.19. The minimum Gasteiger partial charge on any atom is -0.381 e. The second kappa shape index (κ2) is 7.05. The van der Waals surface area contributed by atoms with Crippen molar-refractivity contribution in [1.29, 1.82) is 0 Å². The van der Waals surface area contributed by atoms with Gasteiger partial charge in [0.15, 0.2) is 0 Å². The predicted octanol–water partition coefficient (Wildman–Crippen LogP) is 5.45. The summed E-state index contributed by atoms with van der Waals surface area (Å²) in [5.41, 5.74) is 3.90. The summed E-state index contributed by atoms with van der Waals surface area (Å²) < 4.78 is 1.19. The van der Waals surface area contributed by atoms with Crippen LogP contribution in [0.3, 0.4) is 0 Å². The molecule has 0 aliphatic heterocycles. The highest BCUT2D eigenvalue weighted by Gasteiger charge is 2.10. The normalized spacial score (nSPS) is 10.9. The van der Waals surface area contributed by atoms with Crippen molar-refractivity contribution in [2.24, 2.45) is 0 Å². The number of aryl methyl sites for hydroxylation is 2. The second-order valence-corrected chi connectivity index (χ2v) is 5.71. The maximum absolute atomic E-state index is 3.70. The third-order valence-corrected chi connectivity index (χ3v) is 3.68. The van der Waals surface area contributed by atoms with E-state index < -0.39 is 0 Å². The molecule has 1 aromatic carbocycles. The zero-order valence-electron chi connectivity index (χ0n) is 11.4. The highest BCUT2D eigenvalue weighted by molar-refractivity contribution is 9.10. The summed E-state index contributed by atoms with van der Waals surface area (Å²) in [6, 6.07) is 5.02. The highest BCUT2D eigenvalue weighted by atomic mass is 79.9. The first kappa shape index (κ1) is 14.6. The Morgan fingerprint density at radius 3 is 2.18 bits per heavy atom. The van der Waals surface area contributed by atoms with Gasteiger partial charge < -0.3 is 5.32 Å². The van der Waals surface area contributed by atoms with Gasteiger partial charge >= 0.3 is 0 Å². The van der Waals surface area contributed by atoms with Crippen molar-refractivity contribution in [2.75, 3.05) is 5.32 Å². The lowest BCUT2D eigenvalue weighted by Gasteiger charge is -2.21. The molecular weight excluding hydrogens is 274 g/mol. The maximum Gasteiger partial charge on any atom is 0.0516 e. The zero-order valence-corrected chi connectivity index (χ0v) is 13.0. The molecule has 17 heavy (non-hydrogen) atoms. The van der Waals surface area contributed by atoms with E-state index in [0.29, 0.717) is 6.04 Å². The smallest absolute Gasteiger partial charge is 0.0516 e. The molecular formula is C15H24BrN. The van der Waals surface area contributed by atoms with Crippen molar-refractivity contribution in [3.05, 3.63) is 27.7 Å². The number of anilines is 1. The Morgan fingerprint density at radius 2 is 1.71 bits per heavy atom. The minimum absolute atomic E-state index is 0.600. The third-order valence-electron chi connectivity index (χ3n) is 3.05. The first-order chi connectivity index (χ1) is 8.08. The van der Waals surface area contributed by atoms with Crippen LogP contribution in [-0.2, 0) is 0 Å². The number of halogens is 1. The molecule has 1 nitrogen and oxygen atoms in total. The van der Waals surface area contributed by atoms with Crippen molar-refractivity contribution >= 4 is 21.6 Å². The first-order valence-corrected chi connectivity index (χ1v) is 7.41. The number of benzene rings is 1. The molecule has 0 aliphatic carbocycles. The fourth-order valence-electron chi connectivity index (χ4n) is 2.29. The molecule has 0 atom stereocenters. The Labute approximate surface area is 114 Å². The molecule has 0 unspecified atom stereocenters. The van der Waals surface area contributed by atoms with Crippen LogP contribution < -0.4 is 5.32 Å². The van der Waals surface area contributed by atoms with Crippen LogP contribution in [0.15, 0.2) is 16.6 Å². The summed E-state index contributed by atoms with van der Waals surface area (Å²) in [4.78, 5) is 0. The van der Waals surface area contributed by atoms with Crippen molar-refractivity contribution in [2.45, 2.75) is 59.4 Å². The van der Waals surface area contributed by atoms with Gasteiger partial charge in [0.05, 0.1) is 5.69 Å². The van der Waals surface area contributed by atoms with E-state index in [9.17, 15) is 0 Å². The average molecular weight is 298 g/mol. The fourth-order valence-corrected chi connectivity index (χ4v) is 3.08. The van der Waals surface area contributed by atoms with Crippen LogP contribution in [0.2, 0.25) is 0 Å². The van der Waals surface area contributed by atoms with Gasteiger partial charge in [0.1, 0.15) is 0 Å². The van der Waals surface area contributed by atoms with Crippen LogP contribution in [0.4, 0.5) is 5.69 Å². The molecule has 0 spiro atoms. The quantitative estimate of drug-likeness (QED) is 0.736. The molecule has 0 aromatic heterocycles. The van der Waals surface area contributed by atoms with Gasteiger partial charge in [-0.2, -0.15) is 0 Å². The molecule has 0 saturated carbocycles. The average Bonchev–Trinajstić information content (AvgIpc) is 2.23. The van der Waals surface area contributed by atoms with Gasteiger partial charge in [-0.1, -0.05) is 32.8 Å². The predicted molar refractivity (Wildman–Crippen MR) is 80.8 cm³/mol. The van der Waals surface area contributed by atoms with Crippen molar-refractivity contribution < 1.29 is 0 Å². The van der Waals surface area contributed by atoms with Crippen LogP contribution in [0.5, 0.6) is 0 Å². The molecule has 0 heterocycles. The molecule has 1 N–H and O–H groups in total. The van der Waals surface area contributed by atoms with Crippen LogP contribution >= 0.6 is 15.9 Å². The van der Waals surface area contributed by atoms with Gasteiger partial charge in [0, 0.05) is 10.5 Å². The van der Waals surface area contributed by atoms with Crippen molar-refractivity contribution in [3.63, 3.8) is 0 Å². The number of nitrogens with one attached hydrogen (secondary N) is 1. The van der Waals surface area contributed by atoms with E-state index in [-0.39, 0.29) is 0 Å². The molecule has 0 amide bonds. The minimum atomic E-state index is 0.600. The van der Waals surface area contributed by atoms with E-state index in [2.05, 4.69) is 61.1 Å². The molecule has 2 heteroatoms. The highest BCUT2D eigenvalue weighted by Crippen LogP contribution is 2.29. The monoisotopic (exact) mass is 297 g/mol. The molecule has 96 valence electrons. The Morgan fingerprint density at radius 1 is 1.12 bits per heavy atom. The SMILES string of the molecule is CCCC(CCC)Nc1c(C)cc(C)cc1Br. The molecule has 0 bridgehead atoms. The Balaban J connectivity index is 2.84. The van der Waals surface area contributed by atoms with Gasteiger partial charge in [-0.3, -0.25) is 0 Å². The lowest BCUT2D eigenvalue weighted by atomic mass is 10.0. The molecule has 0 fully saturated rings. The van der Waals surface area contributed by atoms with Gasteiger partial charge in [0.25, 0.3) is 0 Å². The van der Waals surface area contributed by atoms with E-state index in [1.54, 1.807) is 0 Å². The molecule has 0 aliphatic rings. The van der Waals surface area contributed by atoms with E-state index in [0.717, 1.165) is 0 Å². The standard InChI is InChI=1S/C15H24BrN/c1-5-7-13(8-6-2)17-15-12(4)9-11(3)10-14(15)16/h9-10,13,17H,5-8H2,1-4H3. The van der Waals surface area contributed by atoms with Crippen LogP contribution in [0.25, 0.3) is 0 Å². The van der Waals surface area contributed by atoms with Crippen LogP contribution in [-0.4, -0.2) is 6.04 Å². The Bertz CT molecular complexity index is 331. The van der Waals surface area contributed by atoms with Gasteiger partial charge in [-0.15, -0.1) is 0 Å². The van der Waals surface area contributed by atoms with E-state index in [1.807, 2.05) is 0 Å². The number of hydrogen-bond acceptors (Lipinski definition) is 1. The maximum atomic E-state index is 3.70. The van der Waals surface area contributed by atoms with Crippen LogP contribution in [0.1, 0.15) is 50.7 Å². The van der Waals surface area contributed by atoms with Crippen molar-refractivity contribution in [3.8, 4) is 0 Å². The zero-order chi connectivity index (χ0) is 12.8.